The van der Waals surface area contributed by atoms with Crippen molar-refractivity contribution in [2.75, 3.05) is 6.54 Å². The second kappa shape index (κ2) is 6.33. The number of aliphatic hydroxyl groups is 1. The second-order valence-electron chi connectivity index (χ2n) is 6.46. The first kappa shape index (κ1) is 16.9. The molecule has 0 bridgehead atoms. The molecule has 0 aliphatic carbocycles. The SMILES string of the molecule is CC(O)CC(C)(C)CNC(=O)c1n[nH]c2ccc([N+](=O)[O-])cc12. The Balaban J connectivity index is 2.18. The van der Waals surface area contributed by atoms with Crippen LogP contribution in [0.15, 0.2) is 18.2 Å². The van der Waals surface area contributed by atoms with Crippen molar-refractivity contribution >= 4 is 22.5 Å². The van der Waals surface area contributed by atoms with Crippen molar-refractivity contribution in [3.05, 3.63) is 34.0 Å². The van der Waals surface area contributed by atoms with Gasteiger partial charge in [-0.2, -0.15) is 5.10 Å². The summed E-state index contributed by atoms with van der Waals surface area (Å²) in [6.07, 6.45) is 0.0795. The first-order valence-electron chi connectivity index (χ1n) is 7.28. The standard InChI is InChI=1S/C15H20N4O4/c1-9(20)7-15(2,3)8-16-14(21)13-11-6-10(19(22)23)4-5-12(11)17-18-13/h4-6,9,20H,7-8H2,1-3H3,(H,16,21)(H,17,18). The van der Waals surface area contributed by atoms with Crippen LogP contribution in [0.4, 0.5) is 5.69 Å². The number of aromatic nitrogens is 2. The summed E-state index contributed by atoms with van der Waals surface area (Å²) in [6, 6.07) is 4.21. The van der Waals surface area contributed by atoms with Crippen LogP contribution in [-0.2, 0) is 0 Å². The van der Waals surface area contributed by atoms with E-state index in [1.165, 1.54) is 18.2 Å². The summed E-state index contributed by atoms with van der Waals surface area (Å²) in [7, 11) is 0. The summed E-state index contributed by atoms with van der Waals surface area (Å²) in [6.45, 7) is 5.94. The topological polar surface area (TPSA) is 121 Å². The number of benzene rings is 1. The molecule has 1 aromatic heterocycles. The Labute approximate surface area is 133 Å². The quantitative estimate of drug-likeness (QED) is 0.555. The zero-order valence-corrected chi connectivity index (χ0v) is 13.3. The highest BCUT2D eigenvalue weighted by molar-refractivity contribution is 6.05. The Hall–Kier alpha value is -2.48. The molecule has 23 heavy (non-hydrogen) atoms. The molecule has 8 heteroatoms. The largest absolute Gasteiger partial charge is 0.393 e. The minimum atomic E-state index is -0.514. The minimum absolute atomic E-state index is 0.0950. The maximum atomic E-state index is 12.3. The maximum absolute atomic E-state index is 12.3. The molecule has 0 saturated carbocycles. The predicted molar refractivity (Wildman–Crippen MR) is 85.2 cm³/mol. The molecule has 0 fully saturated rings. The number of rotatable bonds is 6. The molecule has 124 valence electrons. The molecule has 3 N–H and O–H groups in total. The summed E-state index contributed by atoms with van der Waals surface area (Å²) in [5.74, 6) is -0.407. The zero-order chi connectivity index (χ0) is 17.2. The molecule has 8 nitrogen and oxygen atoms in total. The van der Waals surface area contributed by atoms with E-state index in [1.807, 2.05) is 13.8 Å². The summed E-state index contributed by atoms with van der Waals surface area (Å²) in [4.78, 5) is 22.7. The van der Waals surface area contributed by atoms with E-state index in [4.69, 9.17) is 0 Å². The Morgan fingerprint density at radius 2 is 2.22 bits per heavy atom. The molecule has 0 aliphatic heterocycles. The van der Waals surface area contributed by atoms with E-state index in [9.17, 15) is 20.0 Å². The molecule has 0 spiro atoms. The van der Waals surface area contributed by atoms with E-state index in [2.05, 4.69) is 15.5 Å². The highest BCUT2D eigenvalue weighted by atomic mass is 16.6. The highest BCUT2D eigenvalue weighted by Gasteiger charge is 2.23. The van der Waals surface area contributed by atoms with Crippen molar-refractivity contribution in [1.82, 2.24) is 15.5 Å². The lowest BCUT2D eigenvalue weighted by atomic mass is 9.87. The molecule has 1 amide bonds. The monoisotopic (exact) mass is 320 g/mol. The lowest BCUT2D eigenvalue weighted by molar-refractivity contribution is -0.384. The third kappa shape index (κ3) is 4.04. The number of carbonyl (C=O) groups is 1. The molecule has 1 aromatic carbocycles. The number of aliphatic hydroxyl groups excluding tert-OH is 1. The van der Waals surface area contributed by atoms with Gasteiger partial charge in [0.1, 0.15) is 0 Å². The predicted octanol–water partition coefficient (Wildman–Crippen LogP) is 2.00. The number of amides is 1. The summed E-state index contributed by atoms with van der Waals surface area (Å²) >= 11 is 0. The Kier molecular flexibility index (Phi) is 4.65. The number of nitrogens with zero attached hydrogens (tertiary/aromatic N) is 2. The number of carbonyl (C=O) groups excluding carboxylic acids is 1. The van der Waals surface area contributed by atoms with Gasteiger partial charge in [-0.05, 0) is 24.8 Å². The molecular weight excluding hydrogens is 300 g/mol. The summed E-state index contributed by atoms with van der Waals surface area (Å²) in [5.41, 5.74) is 0.310. The minimum Gasteiger partial charge on any atom is -0.393 e. The van der Waals surface area contributed by atoms with Gasteiger partial charge in [-0.25, -0.2) is 0 Å². The number of fused-ring (bicyclic) bond motifs is 1. The number of nitrogens with one attached hydrogen (secondary N) is 2. The van der Waals surface area contributed by atoms with Gasteiger partial charge in [0.2, 0.25) is 0 Å². The second-order valence-corrected chi connectivity index (χ2v) is 6.46. The van der Waals surface area contributed by atoms with Crippen LogP contribution in [0.3, 0.4) is 0 Å². The van der Waals surface area contributed by atoms with Gasteiger partial charge in [-0.1, -0.05) is 13.8 Å². The van der Waals surface area contributed by atoms with E-state index in [1.54, 1.807) is 6.92 Å². The van der Waals surface area contributed by atoms with Crippen molar-refractivity contribution in [3.63, 3.8) is 0 Å². The van der Waals surface area contributed by atoms with E-state index >= 15 is 0 Å². The maximum Gasteiger partial charge on any atom is 0.272 e. The number of H-pyrrole nitrogens is 1. The van der Waals surface area contributed by atoms with Gasteiger partial charge in [-0.3, -0.25) is 20.0 Å². The lowest BCUT2D eigenvalue weighted by Gasteiger charge is -2.26. The zero-order valence-electron chi connectivity index (χ0n) is 13.3. The van der Waals surface area contributed by atoms with Gasteiger partial charge in [0.25, 0.3) is 11.6 Å². The number of hydrogen-bond acceptors (Lipinski definition) is 5. The summed E-state index contributed by atoms with van der Waals surface area (Å²) in [5, 5.41) is 30.1. The van der Waals surface area contributed by atoms with E-state index < -0.39 is 16.9 Å². The molecule has 1 atom stereocenters. The molecule has 0 aliphatic rings. The highest BCUT2D eigenvalue weighted by Crippen LogP contribution is 2.23. The fourth-order valence-corrected chi connectivity index (χ4v) is 2.56. The van der Waals surface area contributed by atoms with Crippen molar-refractivity contribution in [2.45, 2.75) is 33.3 Å². The van der Waals surface area contributed by atoms with E-state index in [-0.39, 0.29) is 16.8 Å². The van der Waals surface area contributed by atoms with Crippen LogP contribution in [0.25, 0.3) is 10.9 Å². The normalized spacial score (nSPS) is 13.0. The Bertz CT molecular complexity index is 736. The lowest BCUT2D eigenvalue weighted by Crippen LogP contribution is -2.35. The number of nitro groups is 1. The third-order valence-corrected chi connectivity index (χ3v) is 3.55. The van der Waals surface area contributed by atoms with Crippen LogP contribution in [0, 0.1) is 15.5 Å². The van der Waals surface area contributed by atoms with Crippen LogP contribution >= 0.6 is 0 Å². The molecular formula is C15H20N4O4. The number of hydrogen-bond donors (Lipinski definition) is 3. The van der Waals surface area contributed by atoms with Crippen LogP contribution in [0.1, 0.15) is 37.7 Å². The van der Waals surface area contributed by atoms with Gasteiger partial charge >= 0.3 is 0 Å². The number of aromatic amines is 1. The average Bonchev–Trinajstić information content (AvgIpc) is 2.86. The third-order valence-electron chi connectivity index (χ3n) is 3.55. The van der Waals surface area contributed by atoms with Gasteiger partial charge in [-0.15, -0.1) is 0 Å². The smallest absolute Gasteiger partial charge is 0.272 e. The fraction of sp³-hybridized carbons (Fsp3) is 0.467. The van der Waals surface area contributed by atoms with Crippen molar-refractivity contribution in [3.8, 4) is 0 Å². The van der Waals surface area contributed by atoms with Crippen LogP contribution in [-0.4, -0.2) is 38.8 Å². The average molecular weight is 320 g/mol. The molecule has 1 heterocycles. The molecule has 2 rings (SSSR count). The molecule has 1 unspecified atom stereocenters. The van der Waals surface area contributed by atoms with Gasteiger partial charge in [0.15, 0.2) is 5.69 Å². The van der Waals surface area contributed by atoms with Gasteiger partial charge in [0.05, 0.1) is 16.5 Å². The first-order chi connectivity index (χ1) is 10.7. The van der Waals surface area contributed by atoms with Crippen molar-refractivity contribution < 1.29 is 14.8 Å². The van der Waals surface area contributed by atoms with Crippen LogP contribution < -0.4 is 5.32 Å². The van der Waals surface area contributed by atoms with E-state index in [0.29, 0.717) is 23.9 Å². The van der Waals surface area contributed by atoms with Crippen molar-refractivity contribution in [2.24, 2.45) is 5.41 Å². The number of non-ortho nitro benzene ring substituents is 1. The Morgan fingerprint density at radius 3 is 2.83 bits per heavy atom. The first-order valence-corrected chi connectivity index (χ1v) is 7.28. The summed E-state index contributed by atoms with van der Waals surface area (Å²) < 4.78 is 0. The van der Waals surface area contributed by atoms with Gasteiger partial charge in [0, 0.05) is 24.1 Å². The number of nitro benzene ring substituents is 1. The molecule has 0 radical (unpaired) electrons. The van der Waals surface area contributed by atoms with Crippen molar-refractivity contribution in [1.29, 1.82) is 0 Å². The van der Waals surface area contributed by atoms with Crippen LogP contribution in [0.5, 0.6) is 0 Å². The van der Waals surface area contributed by atoms with E-state index in [0.717, 1.165) is 0 Å². The van der Waals surface area contributed by atoms with Gasteiger partial charge < -0.3 is 10.4 Å². The molecule has 2 aromatic rings. The van der Waals surface area contributed by atoms with Crippen LogP contribution in [0.2, 0.25) is 0 Å². The fourth-order valence-electron chi connectivity index (χ4n) is 2.56. The molecule has 0 saturated heterocycles. The Morgan fingerprint density at radius 1 is 1.52 bits per heavy atom.